The lowest BCUT2D eigenvalue weighted by atomic mass is 10.1. The molecule has 0 amide bonds. The van der Waals surface area contributed by atoms with Crippen molar-refractivity contribution in [2.45, 2.75) is 0 Å². The number of nitrogens with zero attached hydrogens (tertiary/aromatic N) is 4. The molecule has 108 valence electrons. The van der Waals surface area contributed by atoms with Gasteiger partial charge in [-0.2, -0.15) is 10.2 Å². The van der Waals surface area contributed by atoms with Gasteiger partial charge in [0.15, 0.2) is 0 Å². The topological polar surface area (TPSA) is 35.6 Å². The molecule has 0 saturated heterocycles. The first-order valence-electron chi connectivity index (χ1n) is 6.93. The van der Waals surface area contributed by atoms with E-state index in [1.807, 2.05) is 53.2 Å². The molecule has 2 heterocycles. The van der Waals surface area contributed by atoms with Crippen molar-refractivity contribution in [3.63, 3.8) is 0 Å². The summed E-state index contributed by atoms with van der Waals surface area (Å²) in [7, 11) is 1.92. The Kier molecular flexibility index (Phi) is 3.08. The van der Waals surface area contributed by atoms with Crippen LogP contribution >= 0.6 is 15.9 Å². The second kappa shape index (κ2) is 5.10. The molecule has 2 aromatic carbocycles. The molecule has 4 nitrogen and oxygen atoms in total. The van der Waals surface area contributed by atoms with Crippen LogP contribution in [-0.4, -0.2) is 19.6 Å². The molecule has 4 rings (SSSR count). The summed E-state index contributed by atoms with van der Waals surface area (Å²) in [5.74, 6) is 0. The van der Waals surface area contributed by atoms with Crippen molar-refractivity contribution in [1.82, 2.24) is 19.6 Å². The monoisotopic (exact) mass is 352 g/mol. The number of benzene rings is 2. The molecule has 0 spiro atoms. The van der Waals surface area contributed by atoms with Gasteiger partial charge in [-0.1, -0.05) is 28.1 Å². The molecular formula is C17H13BrN4. The Balaban J connectivity index is 1.84. The van der Waals surface area contributed by atoms with E-state index in [-0.39, 0.29) is 0 Å². The number of fused-ring (bicyclic) bond motifs is 1. The van der Waals surface area contributed by atoms with Gasteiger partial charge in [0.1, 0.15) is 0 Å². The molecule has 2 aromatic heterocycles. The summed E-state index contributed by atoms with van der Waals surface area (Å²) >= 11 is 3.51. The minimum Gasteiger partial charge on any atom is -0.275 e. The normalized spacial score (nSPS) is 11.2. The summed E-state index contributed by atoms with van der Waals surface area (Å²) in [6.45, 7) is 0. The van der Waals surface area contributed by atoms with Crippen LogP contribution in [0.5, 0.6) is 0 Å². The lowest BCUT2D eigenvalue weighted by Gasteiger charge is -2.04. The van der Waals surface area contributed by atoms with Crippen molar-refractivity contribution in [2.75, 3.05) is 0 Å². The molecule has 0 unspecified atom stereocenters. The SMILES string of the molecule is Cn1cc(-c2ccc3c(cnn3-c3cccc(Br)c3)c2)cn1. The van der Waals surface area contributed by atoms with Crippen molar-refractivity contribution in [2.24, 2.45) is 7.05 Å². The third kappa shape index (κ3) is 2.23. The van der Waals surface area contributed by atoms with Gasteiger partial charge in [-0.3, -0.25) is 4.68 Å². The zero-order chi connectivity index (χ0) is 15.1. The largest absolute Gasteiger partial charge is 0.275 e. The highest BCUT2D eigenvalue weighted by atomic mass is 79.9. The molecule has 22 heavy (non-hydrogen) atoms. The smallest absolute Gasteiger partial charge is 0.0741 e. The number of halogens is 1. The molecule has 0 aliphatic heterocycles. The zero-order valence-electron chi connectivity index (χ0n) is 11.9. The van der Waals surface area contributed by atoms with E-state index < -0.39 is 0 Å². The fraction of sp³-hybridized carbons (Fsp3) is 0.0588. The molecular weight excluding hydrogens is 340 g/mol. The molecule has 0 radical (unpaired) electrons. The van der Waals surface area contributed by atoms with Gasteiger partial charge in [-0.15, -0.1) is 0 Å². The molecule has 4 aromatic rings. The van der Waals surface area contributed by atoms with Crippen LogP contribution in [0.4, 0.5) is 0 Å². The molecule has 0 N–H and O–H groups in total. The summed E-state index contributed by atoms with van der Waals surface area (Å²) in [5.41, 5.74) is 4.39. The molecule has 0 saturated carbocycles. The number of hydrogen-bond acceptors (Lipinski definition) is 2. The lowest BCUT2D eigenvalue weighted by Crippen LogP contribution is -1.95. The zero-order valence-corrected chi connectivity index (χ0v) is 13.5. The van der Waals surface area contributed by atoms with E-state index >= 15 is 0 Å². The van der Waals surface area contributed by atoms with E-state index in [0.29, 0.717) is 0 Å². The quantitative estimate of drug-likeness (QED) is 0.542. The Morgan fingerprint density at radius 3 is 2.64 bits per heavy atom. The van der Waals surface area contributed by atoms with Gasteiger partial charge < -0.3 is 0 Å². The van der Waals surface area contributed by atoms with E-state index in [1.54, 1.807) is 0 Å². The first-order valence-corrected chi connectivity index (χ1v) is 7.73. The number of hydrogen-bond donors (Lipinski definition) is 0. The van der Waals surface area contributed by atoms with Crippen LogP contribution in [0.2, 0.25) is 0 Å². The Labute approximate surface area is 136 Å². The van der Waals surface area contributed by atoms with Crippen LogP contribution in [-0.2, 0) is 7.05 Å². The van der Waals surface area contributed by atoms with Gasteiger partial charge in [0.05, 0.1) is 23.6 Å². The lowest BCUT2D eigenvalue weighted by molar-refractivity contribution is 0.768. The van der Waals surface area contributed by atoms with Gasteiger partial charge in [0, 0.05) is 28.7 Å². The maximum absolute atomic E-state index is 4.52. The minimum absolute atomic E-state index is 1.04. The first-order chi connectivity index (χ1) is 10.7. The van der Waals surface area contributed by atoms with Crippen LogP contribution < -0.4 is 0 Å². The Morgan fingerprint density at radius 2 is 1.86 bits per heavy atom. The van der Waals surface area contributed by atoms with Gasteiger partial charge in [-0.25, -0.2) is 4.68 Å². The number of rotatable bonds is 2. The van der Waals surface area contributed by atoms with Crippen LogP contribution in [0.25, 0.3) is 27.7 Å². The average molecular weight is 353 g/mol. The van der Waals surface area contributed by atoms with Crippen LogP contribution in [0.1, 0.15) is 0 Å². The summed E-state index contributed by atoms with van der Waals surface area (Å²) in [4.78, 5) is 0. The highest BCUT2D eigenvalue weighted by Gasteiger charge is 2.08. The highest BCUT2D eigenvalue weighted by molar-refractivity contribution is 9.10. The van der Waals surface area contributed by atoms with E-state index in [4.69, 9.17) is 0 Å². The second-order valence-corrected chi connectivity index (χ2v) is 6.13. The fourth-order valence-corrected chi connectivity index (χ4v) is 2.98. The molecule has 0 fully saturated rings. The summed E-state index contributed by atoms with van der Waals surface area (Å²) in [6, 6.07) is 14.5. The molecule has 0 aliphatic carbocycles. The second-order valence-electron chi connectivity index (χ2n) is 5.21. The first kappa shape index (κ1) is 13.3. The van der Waals surface area contributed by atoms with Gasteiger partial charge in [-0.05, 0) is 35.9 Å². The molecule has 0 bridgehead atoms. The molecule has 0 aliphatic rings. The Bertz CT molecular complexity index is 968. The van der Waals surface area contributed by atoms with E-state index in [2.05, 4.69) is 50.4 Å². The third-order valence-electron chi connectivity index (χ3n) is 3.66. The predicted octanol–water partition coefficient (Wildman–Crippen LogP) is 4.19. The summed E-state index contributed by atoms with van der Waals surface area (Å²) in [6.07, 6.45) is 5.79. The third-order valence-corrected chi connectivity index (χ3v) is 4.15. The predicted molar refractivity (Wildman–Crippen MR) is 91.0 cm³/mol. The summed E-state index contributed by atoms with van der Waals surface area (Å²) < 4.78 is 4.80. The Morgan fingerprint density at radius 1 is 0.955 bits per heavy atom. The maximum Gasteiger partial charge on any atom is 0.0741 e. The van der Waals surface area contributed by atoms with E-state index in [1.165, 1.54) is 0 Å². The van der Waals surface area contributed by atoms with Gasteiger partial charge in [0.2, 0.25) is 0 Å². The number of aromatic nitrogens is 4. The summed E-state index contributed by atoms with van der Waals surface area (Å²) in [5, 5.41) is 9.86. The van der Waals surface area contributed by atoms with Crippen molar-refractivity contribution in [1.29, 1.82) is 0 Å². The molecule has 0 atom stereocenters. The molecule has 5 heteroatoms. The van der Waals surface area contributed by atoms with Crippen LogP contribution in [0.3, 0.4) is 0 Å². The standard InChI is InChI=1S/C17H13BrN4/c1-21-11-14(10-19-21)12-5-6-17-13(7-12)9-20-22(17)16-4-2-3-15(18)8-16/h2-11H,1H3. The van der Waals surface area contributed by atoms with Crippen molar-refractivity contribution in [3.8, 4) is 16.8 Å². The van der Waals surface area contributed by atoms with E-state index in [9.17, 15) is 0 Å². The van der Waals surface area contributed by atoms with Gasteiger partial charge >= 0.3 is 0 Å². The maximum atomic E-state index is 4.52. The minimum atomic E-state index is 1.04. The number of aryl methyl sites for hydroxylation is 1. The van der Waals surface area contributed by atoms with Crippen molar-refractivity contribution in [3.05, 3.63) is 65.5 Å². The van der Waals surface area contributed by atoms with Gasteiger partial charge in [0.25, 0.3) is 0 Å². The Hall–Kier alpha value is -2.40. The fourth-order valence-electron chi connectivity index (χ4n) is 2.60. The van der Waals surface area contributed by atoms with E-state index in [0.717, 1.165) is 32.2 Å². The van der Waals surface area contributed by atoms with Crippen molar-refractivity contribution < 1.29 is 0 Å². The average Bonchev–Trinajstić information content (AvgIpc) is 3.12. The van der Waals surface area contributed by atoms with Crippen LogP contribution in [0.15, 0.2) is 65.5 Å². The van der Waals surface area contributed by atoms with Crippen LogP contribution in [0, 0.1) is 0 Å². The van der Waals surface area contributed by atoms with Crippen molar-refractivity contribution >= 4 is 26.8 Å². The highest BCUT2D eigenvalue weighted by Crippen LogP contribution is 2.26.